The van der Waals surface area contributed by atoms with Crippen molar-refractivity contribution in [3.8, 4) is 11.3 Å². The van der Waals surface area contributed by atoms with Crippen molar-refractivity contribution in [2.45, 2.75) is 38.6 Å². The first-order chi connectivity index (χ1) is 15.5. The zero-order valence-electron chi connectivity index (χ0n) is 17.8. The topological polar surface area (TPSA) is 54.2 Å². The minimum Gasteiger partial charge on any atom is -0.374 e. The number of nitrogens with zero attached hydrogens (tertiary/aromatic N) is 4. The summed E-state index contributed by atoms with van der Waals surface area (Å²) in [6.45, 7) is 1.51. The van der Waals surface area contributed by atoms with Crippen molar-refractivity contribution < 1.29 is 5.11 Å². The summed E-state index contributed by atoms with van der Waals surface area (Å²) in [7, 11) is 1.90. The van der Waals surface area contributed by atoms with E-state index in [1.807, 2.05) is 60.5 Å². The molecule has 3 heterocycles. The number of benzene rings is 2. The van der Waals surface area contributed by atoms with Crippen LogP contribution in [0.4, 0.5) is 0 Å². The molecule has 1 unspecified atom stereocenters. The van der Waals surface area contributed by atoms with E-state index in [9.17, 15) is 5.11 Å². The number of aliphatic hydroxyl groups excluding tert-OH is 1. The number of halogens is 2. The van der Waals surface area contributed by atoms with Gasteiger partial charge in [-0.05, 0) is 68.8 Å². The van der Waals surface area contributed by atoms with Crippen molar-refractivity contribution in [2.75, 3.05) is 7.05 Å². The van der Waals surface area contributed by atoms with Crippen LogP contribution in [-0.2, 0) is 19.5 Å². The third-order valence-electron chi connectivity index (χ3n) is 6.00. The molecule has 5 nitrogen and oxygen atoms in total. The number of aromatic nitrogens is 3. The van der Waals surface area contributed by atoms with Crippen LogP contribution >= 0.6 is 23.2 Å². The van der Waals surface area contributed by atoms with Gasteiger partial charge in [0.15, 0.2) is 0 Å². The van der Waals surface area contributed by atoms with Gasteiger partial charge in [0, 0.05) is 45.3 Å². The SMILES string of the molecule is CN(Cc1cc2n(n1)CCCC2)C(O)c1cc(-c2cccc(Cl)c2)nc2ccc(Cl)cc12. The lowest BCUT2D eigenvalue weighted by Gasteiger charge is -2.24. The van der Waals surface area contributed by atoms with Crippen LogP contribution in [0.25, 0.3) is 22.2 Å². The molecule has 0 saturated carbocycles. The molecule has 0 radical (unpaired) electrons. The van der Waals surface area contributed by atoms with E-state index < -0.39 is 6.23 Å². The molecule has 1 aliphatic rings. The molecule has 32 heavy (non-hydrogen) atoms. The Labute approximate surface area is 197 Å². The number of hydrogen-bond donors (Lipinski definition) is 1. The van der Waals surface area contributed by atoms with E-state index in [1.54, 1.807) is 0 Å². The number of hydrogen-bond acceptors (Lipinski definition) is 4. The molecular weight excluding hydrogens is 443 g/mol. The quantitative estimate of drug-likeness (QED) is 0.374. The Balaban J connectivity index is 1.52. The summed E-state index contributed by atoms with van der Waals surface area (Å²) >= 11 is 12.5. The molecule has 0 amide bonds. The smallest absolute Gasteiger partial charge is 0.134 e. The predicted molar refractivity (Wildman–Crippen MR) is 129 cm³/mol. The summed E-state index contributed by atoms with van der Waals surface area (Å²) in [5, 5.41) is 18.2. The molecule has 0 fully saturated rings. The number of fused-ring (bicyclic) bond motifs is 2. The van der Waals surface area contributed by atoms with Gasteiger partial charge in [-0.3, -0.25) is 9.58 Å². The van der Waals surface area contributed by atoms with E-state index in [0.29, 0.717) is 16.6 Å². The van der Waals surface area contributed by atoms with Crippen molar-refractivity contribution in [3.63, 3.8) is 0 Å². The maximum atomic E-state index is 11.4. The van der Waals surface area contributed by atoms with Gasteiger partial charge in [0.1, 0.15) is 6.23 Å². The third kappa shape index (κ3) is 4.26. The average Bonchev–Trinajstić information content (AvgIpc) is 3.20. The molecule has 0 saturated heterocycles. The fourth-order valence-corrected chi connectivity index (χ4v) is 4.73. The molecule has 5 rings (SSSR count). The highest BCUT2D eigenvalue weighted by Gasteiger charge is 2.21. The van der Waals surface area contributed by atoms with E-state index in [2.05, 4.69) is 10.7 Å². The van der Waals surface area contributed by atoms with Crippen LogP contribution in [0.2, 0.25) is 10.0 Å². The van der Waals surface area contributed by atoms with Gasteiger partial charge in [0.25, 0.3) is 0 Å². The van der Waals surface area contributed by atoms with Crippen molar-refractivity contribution in [3.05, 3.63) is 81.6 Å². The summed E-state index contributed by atoms with van der Waals surface area (Å²) in [4.78, 5) is 6.69. The summed E-state index contributed by atoms with van der Waals surface area (Å²) in [6.07, 6.45) is 2.59. The number of aryl methyl sites for hydroxylation is 2. The van der Waals surface area contributed by atoms with Gasteiger partial charge in [-0.15, -0.1) is 0 Å². The lowest BCUT2D eigenvalue weighted by Crippen LogP contribution is -2.24. The highest BCUT2D eigenvalue weighted by Crippen LogP contribution is 2.33. The van der Waals surface area contributed by atoms with Gasteiger partial charge in [0.2, 0.25) is 0 Å². The molecule has 4 aromatic rings. The lowest BCUT2D eigenvalue weighted by atomic mass is 10.0. The molecule has 7 heteroatoms. The Hall–Kier alpha value is -2.44. The van der Waals surface area contributed by atoms with E-state index in [1.165, 1.54) is 18.5 Å². The van der Waals surface area contributed by atoms with Crippen LogP contribution in [0.1, 0.15) is 36.0 Å². The fraction of sp³-hybridized carbons (Fsp3) is 0.280. The Bertz CT molecular complexity index is 1260. The van der Waals surface area contributed by atoms with Crippen molar-refractivity contribution in [1.82, 2.24) is 19.7 Å². The minimum atomic E-state index is -0.851. The Morgan fingerprint density at radius 2 is 1.91 bits per heavy atom. The molecule has 164 valence electrons. The molecule has 0 aliphatic carbocycles. The zero-order chi connectivity index (χ0) is 22.2. The van der Waals surface area contributed by atoms with Crippen LogP contribution < -0.4 is 0 Å². The highest BCUT2D eigenvalue weighted by molar-refractivity contribution is 6.31. The van der Waals surface area contributed by atoms with E-state index in [0.717, 1.165) is 46.4 Å². The van der Waals surface area contributed by atoms with Gasteiger partial charge < -0.3 is 5.11 Å². The zero-order valence-corrected chi connectivity index (χ0v) is 19.3. The molecule has 2 aromatic heterocycles. The molecule has 0 spiro atoms. The molecule has 0 bridgehead atoms. The van der Waals surface area contributed by atoms with E-state index >= 15 is 0 Å². The third-order valence-corrected chi connectivity index (χ3v) is 6.47. The normalized spacial score (nSPS) is 14.7. The molecule has 1 aliphatic heterocycles. The first-order valence-electron chi connectivity index (χ1n) is 10.8. The largest absolute Gasteiger partial charge is 0.374 e. The molecule has 1 atom stereocenters. The summed E-state index contributed by atoms with van der Waals surface area (Å²) < 4.78 is 2.10. The van der Waals surface area contributed by atoms with Crippen LogP contribution in [-0.4, -0.2) is 31.8 Å². The van der Waals surface area contributed by atoms with Gasteiger partial charge in [-0.1, -0.05) is 35.3 Å². The maximum absolute atomic E-state index is 11.4. The van der Waals surface area contributed by atoms with Crippen LogP contribution in [0, 0.1) is 0 Å². The number of rotatable bonds is 5. The van der Waals surface area contributed by atoms with E-state index in [4.69, 9.17) is 33.3 Å². The van der Waals surface area contributed by atoms with Crippen LogP contribution in [0.3, 0.4) is 0 Å². The fourth-order valence-electron chi connectivity index (χ4n) is 4.37. The average molecular weight is 467 g/mol. The monoisotopic (exact) mass is 466 g/mol. The highest BCUT2D eigenvalue weighted by atomic mass is 35.5. The molecule has 2 aromatic carbocycles. The Morgan fingerprint density at radius 1 is 1.06 bits per heavy atom. The first-order valence-corrected chi connectivity index (χ1v) is 11.5. The Kier molecular flexibility index (Phi) is 5.91. The number of aliphatic hydroxyl groups is 1. The van der Waals surface area contributed by atoms with Crippen molar-refractivity contribution in [2.24, 2.45) is 0 Å². The van der Waals surface area contributed by atoms with Gasteiger partial charge in [-0.2, -0.15) is 5.10 Å². The standard InChI is InChI=1S/C25H24Cl2N4O/c1-30(15-19-13-20-7-2-3-10-31(20)29-19)25(32)22-14-24(16-5-4-6-17(26)11-16)28-23-9-8-18(27)12-21(22)23/h4-6,8-9,11-14,25,32H,2-3,7,10,15H2,1H3. The first kappa shape index (κ1) is 21.4. The lowest BCUT2D eigenvalue weighted by molar-refractivity contribution is 0.0155. The maximum Gasteiger partial charge on any atom is 0.134 e. The second-order valence-electron chi connectivity index (χ2n) is 8.36. The minimum absolute atomic E-state index is 0.540. The summed E-state index contributed by atoms with van der Waals surface area (Å²) in [6, 6.07) is 17.2. The Morgan fingerprint density at radius 3 is 2.72 bits per heavy atom. The summed E-state index contributed by atoms with van der Waals surface area (Å²) in [5.41, 5.74) is 5.41. The van der Waals surface area contributed by atoms with Crippen molar-refractivity contribution >= 4 is 34.1 Å². The molecule has 1 N–H and O–H groups in total. The second kappa shape index (κ2) is 8.83. The van der Waals surface area contributed by atoms with Crippen molar-refractivity contribution in [1.29, 1.82) is 0 Å². The molecular formula is C25H24Cl2N4O. The van der Waals surface area contributed by atoms with Crippen LogP contribution in [0.5, 0.6) is 0 Å². The van der Waals surface area contributed by atoms with Crippen LogP contribution in [0.15, 0.2) is 54.6 Å². The van der Waals surface area contributed by atoms with Gasteiger partial charge >= 0.3 is 0 Å². The number of pyridine rings is 1. The second-order valence-corrected chi connectivity index (χ2v) is 9.24. The summed E-state index contributed by atoms with van der Waals surface area (Å²) in [5.74, 6) is 0. The van der Waals surface area contributed by atoms with E-state index in [-0.39, 0.29) is 0 Å². The predicted octanol–water partition coefficient (Wildman–Crippen LogP) is 5.86. The van der Waals surface area contributed by atoms with Gasteiger partial charge in [0.05, 0.1) is 16.9 Å². The van der Waals surface area contributed by atoms with Gasteiger partial charge in [-0.25, -0.2) is 4.98 Å².